The third-order valence-corrected chi connectivity index (χ3v) is 2.39. The molecule has 0 saturated heterocycles. The first kappa shape index (κ1) is 10.3. The molecule has 70 valence electrons. The minimum atomic E-state index is -0.0359. The number of hydrogen-bond acceptors (Lipinski definition) is 1. The van der Waals surface area contributed by atoms with Crippen LogP contribution in [0.5, 0.6) is 0 Å². The minimum absolute atomic E-state index is 0.0359. The lowest BCUT2D eigenvalue weighted by atomic mass is 9.99. The standard InChI is InChI=1S/C11H14ClN/c1-3-5-10(13)11-8(2)6-4-7-9(11)12/h3-4,6-7,10H,1,5,13H2,2H3. The van der Waals surface area contributed by atoms with Gasteiger partial charge in [-0.2, -0.15) is 0 Å². The Kier molecular flexibility index (Phi) is 3.52. The van der Waals surface area contributed by atoms with E-state index in [0.29, 0.717) is 0 Å². The largest absolute Gasteiger partial charge is 0.324 e. The fourth-order valence-corrected chi connectivity index (χ4v) is 1.77. The van der Waals surface area contributed by atoms with E-state index in [1.807, 2.05) is 31.2 Å². The second kappa shape index (κ2) is 4.45. The molecule has 0 fully saturated rings. The summed E-state index contributed by atoms with van der Waals surface area (Å²) in [5.74, 6) is 0. The van der Waals surface area contributed by atoms with Crippen molar-refractivity contribution >= 4 is 11.6 Å². The van der Waals surface area contributed by atoms with E-state index in [1.165, 1.54) is 0 Å². The quantitative estimate of drug-likeness (QED) is 0.737. The van der Waals surface area contributed by atoms with Crippen molar-refractivity contribution in [2.24, 2.45) is 5.73 Å². The Morgan fingerprint density at radius 3 is 2.85 bits per heavy atom. The van der Waals surface area contributed by atoms with Crippen LogP contribution in [-0.4, -0.2) is 0 Å². The highest BCUT2D eigenvalue weighted by Gasteiger charge is 2.10. The number of nitrogens with two attached hydrogens (primary N) is 1. The number of hydrogen-bond donors (Lipinski definition) is 1. The lowest BCUT2D eigenvalue weighted by Crippen LogP contribution is -2.11. The Hall–Kier alpha value is -0.790. The van der Waals surface area contributed by atoms with Crippen molar-refractivity contribution < 1.29 is 0 Å². The SMILES string of the molecule is C=CCC(N)c1c(C)cccc1Cl. The van der Waals surface area contributed by atoms with Gasteiger partial charge in [0.05, 0.1) is 0 Å². The number of halogens is 1. The van der Waals surface area contributed by atoms with Crippen LogP contribution in [0.3, 0.4) is 0 Å². The van der Waals surface area contributed by atoms with E-state index in [-0.39, 0.29) is 6.04 Å². The zero-order valence-corrected chi connectivity index (χ0v) is 8.51. The Balaban J connectivity index is 3.04. The van der Waals surface area contributed by atoms with Crippen molar-refractivity contribution in [3.63, 3.8) is 0 Å². The van der Waals surface area contributed by atoms with Crippen molar-refractivity contribution in [1.29, 1.82) is 0 Å². The predicted molar refractivity (Wildman–Crippen MR) is 57.9 cm³/mol. The fourth-order valence-electron chi connectivity index (χ4n) is 1.41. The van der Waals surface area contributed by atoms with E-state index in [2.05, 4.69) is 6.58 Å². The molecule has 2 heteroatoms. The van der Waals surface area contributed by atoms with Gasteiger partial charge in [-0.3, -0.25) is 0 Å². The molecule has 0 aliphatic carbocycles. The lowest BCUT2D eigenvalue weighted by molar-refractivity contribution is 0.736. The van der Waals surface area contributed by atoms with Gasteiger partial charge in [-0.1, -0.05) is 29.8 Å². The van der Waals surface area contributed by atoms with Crippen LogP contribution in [0.15, 0.2) is 30.9 Å². The zero-order valence-electron chi connectivity index (χ0n) is 7.76. The Bertz CT molecular complexity index is 287. The van der Waals surface area contributed by atoms with Gasteiger partial charge in [-0.05, 0) is 30.5 Å². The highest BCUT2D eigenvalue weighted by molar-refractivity contribution is 6.31. The van der Waals surface area contributed by atoms with Gasteiger partial charge in [0.1, 0.15) is 0 Å². The molecule has 0 aliphatic heterocycles. The molecule has 13 heavy (non-hydrogen) atoms. The zero-order chi connectivity index (χ0) is 9.84. The fraction of sp³-hybridized carbons (Fsp3) is 0.273. The molecule has 0 aromatic heterocycles. The Labute approximate surface area is 84.2 Å². The van der Waals surface area contributed by atoms with Gasteiger partial charge in [-0.15, -0.1) is 6.58 Å². The second-order valence-corrected chi connectivity index (χ2v) is 3.51. The molecule has 0 heterocycles. The first-order valence-corrected chi connectivity index (χ1v) is 4.66. The molecule has 1 unspecified atom stereocenters. The van der Waals surface area contributed by atoms with E-state index < -0.39 is 0 Å². The molecule has 0 amide bonds. The molecule has 0 radical (unpaired) electrons. The maximum Gasteiger partial charge on any atom is 0.0456 e. The Morgan fingerprint density at radius 2 is 2.31 bits per heavy atom. The van der Waals surface area contributed by atoms with Crippen LogP contribution in [0, 0.1) is 6.92 Å². The molecule has 2 N–H and O–H groups in total. The van der Waals surface area contributed by atoms with E-state index >= 15 is 0 Å². The maximum absolute atomic E-state index is 6.05. The van der Waals surface area contributed by atoms with Crippen molar-refractivity contribution in [2.45, 2.75) is 19.4 Å². The molecular weight excluding hydrogens is 182 g/mol. The van der Waals surface area contributed by atoms with Gasteiger partial charge in [0.25, 0.3) is 0 Å². The predicted octanol–water partition coefficient (Wildman–Crippen LogP) is 3.22. The summed E-state index contributed by atoms with van der Waals surface area (Å²) in [4.78, 5) is 0. The molecule has 1 aromatic carbocycles. The van der Waals surface area contributed by atoms with Gasteiger partial charge in [0, 0.05) is 11.1 Å². The summed E-state index contributed by atoms with van der Waals surface area (Å²) >= 11 is 6.05. The van der Waals surface area contributed by atoms with Gasteiger partial charge >= 0.3 is 0 Å². The van der Waals surface area contributed by atoms with Gasteiger partial charge in [0.2, 0.25) is 0 Å². The van der Waals surface area contributed by atoms with Crippen LogP contribution in [0.2, 0.25) is 5.02 Å². The van der Waals surface area contributed by atoms with E-state index in [9.17, 15) is 0 Å². The summed E-state index contributed by atoms with van der Waals surface area (Å²) in [7, 11) is 0. The summed E-state index contributed by atoms with van der Waals surface area (Å²) in [6.45, 7) is 5.68. The Morgan fingerprint density at radius 1 is 1.62 bits per heavy atom. The third kappa shape index (κ3) is 2.33. The summed E-state index contributed by atoms with van der Waals surface area (Å²) in [5.41, 5.74) is 8.12. The van der Waals surface area contributed by atoms with E-state index in [1.54, 1.807) is 0 Å². The van der Waals surface area contributed by atoms with Crippen molar-refractivity contribution in [1.82, 2.24) is 0 Å². The molecule has 0 spiro atoms. The van der Waals surface area contributed by atoms with Gasteiger partial charge in [-0.25, -0.2) is 0 Å². The van der Waals surface area contributed by atoms with Crippen LogP contribution in [0.1, 0.15) is 23.6 Å². The minimum Gasteiger partial charge on any atom is -0.324 e. The highest BCUT2D eigenvalue weighted by atomic mass is 35.5. The molecule has 0 saturated carbocycles. The molecule has 0 aliphatic rings. The van der Waals surface area contributed by atoms with Gasteiger partial charge in [0.15, 0.2) is 0 Å². The van der Waals surface area contributed by atoms with Gasteiger partial charge < -0.3 is 5.73 Å². The summed E-state index contributed by atoms with van der Waals surface area (Å²) < 4.78 is 0. The molecule has 1 rings (SSSR count). The molecular formula is C11H14ClN. The summed E-state index contributed by atoms with van der Waals surface area (Å²) in [5, 5.41) is 0.745. The first-order valence-electron chi connectivity index (χ1n) is 4.28. The topological polar surface area (TPSA) is 26.0 Å². The molecule has 0 bridgehead atoms. The van der Waals surface area contributed by atoms with E-state index in [4.69, 9.17) is 17.3 Å². The van der Waals surface area contributed by atoms with Crippen LogP contribution in [-0.2, 0) is 0 Å². The molecule has 1 aromatic rings. The summed E-state index contributed by atoms with van der Waals surface area (Å²) in [6, 6.07) is 5.78. The van der Waals surface area contributed by atoms with Crippen molar-refractivity contribution in [3.05, 3.63) is 47.0 Å². The third-order valence-electron chi connectivity index (χ3n) is 2.06. The maximum atomic E-state index is 6.05. The van der Waals surface area contributed by atoms with Crippen molar-refractivity contribution in [2.75, 3.05) is 0 Å². The van der Waals surface area contributed by atoms with Crippen LogP contribution < -0.4 is 5.73 Å². The number of benzene rings is 1. The second-order valence-electron chi connectivity index (χ2n) is 3.10. The molecule has 1 atom stereocenters. The smallest absolute Gasteiger partial charge is 0.0456 e. The van der Waals surface area contributed by atoms with E-state index in [0.717, 1.165) is 22.6 Å². The average molecular weight is 196 g/mol. The normalized spacial score (nSPS) is 12.5. The highest BCUT2D eigenvalue weighted by Crippen LogP contribution is 2.26. The summed E-state index contributed by atoms with van der Waals surface area (Å²) in [6.07, 6.45) is 2.57. The molecule has 1 nitrogen and oxygen atoms in total. The van der Waals surface area contributed by atoms with Crippen molar-refractivity contribution in [3.8, 4) is 0 Å². The average Bonchev–Trinajstić information content (AvgIpc) is 2.04. The number of aryl methyl sites for hydroxylation is 1. The van der Waals surface area contributed by atoms with Crippen LogP contribution >= 0.6 is 11.6 Å². The monoisotopic (exact) mass is 195 g/mol. The van der Waals surface area contributed by atoms with Crippen LogP contribution in [0.25, 0.3) is 0 Å². The number of rotatable bonds is 3. The first-order chi connectivity index (χ1) is 6.16. The van der Waals surface area contributed by atoms with Crippen LogP contribution in [0.4, 0.5) is 0 Å². The lowest BCUT2D eigenvalue weighted by Gasteiger charge is -2.14.